The lowest BCUT2D eigenvalue weighted by molar-refractivity contribution is 0.709. The van der Waals surface area contributed by atoms with Crippen LogP contribution in [0, 0.1) is 0 Å². The predicted octanol–water partition coefficient (Wildman–Crippen LogP) is 4.00. The van der Waals surface area contributed by atoms with Gasteiger partial charge in [0.15, 0.2) is 5.82 Å². The number of aryl methyl sites for hydroxylation is 1. The summed E-state index contributed by atoms with van der Waals surface area (Å²) in [4.78, 5) is 13.8. The third kappa shape index (κ3) is 3.23. The first-order valence-electron chi connectivity index (χ1n) is 7.52. The standard InChI is InChI=1S/C16H19BrN4/c1-2-19-16-13-6-4-3-5-7-14(13)20-15(21-16)11-8-12(17)10-18-9-11/h8-10H,2-7H2,1H3,(H,19,20,21). The average molecular weight is 347 g/mol. The zero-order valence-corrected chi connectivity index (χ0v) is 13.8. The van der Waals surface area contributed by atoms with E-state index in [2.05, 4.69) is 33.2 Å². The molecule has 0 aliphatic heterocycles. The fourth-order valence-corrected chi connectivity index (χ4v) is 3.11. The van der Waals surface area contributed by atoms with E-state index < -0.39 is 0 Å². The van der Waals surface area contributed by atoms with E-state index in [0.717, 1.165) is 41.1 Å². The molecule has 5 heteroatoms. The Balaban J connectivity index is 2.09. The third-order valence-electron chi connectivity index (χ3n) is 3.74. The molecule has 0 fully saturated rings. The maximum Gasteiger partial charge on any atom is 0.163 e. The van der Waals surface area contributed by atoms with Gasteiger partial charge in [0.2, 0.25) is 0 Å². The Morgan fingerprint density at radius 2 is 2.00 bits per heavy atom. The SMILES string of the molecule is CCNc1nc(-c2cncc(Br)c2)nc2c1CCCCC2. The van der Waals surface area contributed by atoms with Crippen LogP contribution in [0.5, 0.6) is 0 Å². The van der Waals surface area contributed by atoms with E-state index in [-0.39, 0.29) is 0 Å². The molecule has 0 radical (unpaired) electrons. The quantitative estimate of drug-likeness (QED) is 0.853. The summed E-state index contributed by atoms with van der Waals surface area (Å²) in [5, 5.41) is 3.40. The minimum Gasteiger partial charge on any atom is -0.370 e. The number of fused-ring (bicyclic) bond motifs is 1. The zero-order chi connectivity index (χ0) is 14.7. The largest absolute Gasteiger partial charge is 0.370 e. The molecule has 0 saturated carbocycles. The molecule has 0 spiro atoms. The van der Waals surface area contributed by atoms with E-state index in [9.17, 15) is 0 Å². The normalized spacial score (nSPS) is 14.4. The van der Waals surface area contributed by atoms with Crippen molar-refractivity contribution in [1.29, 1.82) is 0 Å². The zero-order valence-electron chi connectivity index (χ0n) is 12.2. The molecule has 2 aromatic rings. The first-order valence-corrected chi connectivity index (χ1v) is 8.32. The van der Waals surface area contributed by atoms with Crippen molar-refractivity contribution in [3.05, 3.63) is 34.2 Å². The van der Waals surface area contributed by atoms with Crippen LogP contribution in [-0.2, 0) is 12.8 Å². The molecule has 0 unspecified atom stereocenters. The van der Waals surface area contributed by atoms with Crippen molar-refractivity contribution in [2.45, 2.75) is 39.0 Å². The lowest BCUT2D eigenvalue weighted by atomic mass is 10.1. The Labute approximate surface area is 133 Å². The van der Waals surface area contributed by atoms with E-state index in [1.54, 1.807) is 6.20 Å². The average Bonchev–Trinajstić information content (AvgIpc) is 2.73. The van der Waals surface area contributed by atoms with E-state index in [0.29, 0.717) is 0 Å². The van der Waals surface area contributed by atoms with Gasteiger partial charge in [0.1, 0.15) is 5.82 Å². The van der Waals surface area contributed by atoms with Gasteiger partial charge in [-0.15, -0.1) is 0 Å². The number of nitrogens with one attached hydrogen (secondary N) is 1. The van der Waals surface area contributed by atoms with Gasteiger partial charge in [-0.25, -0.2) is 9.97 Å². The number of hydrogen-bond donors (Lipinski definition) is 1. The second kappa shape index (κ2) is 6.52. The Hall–Kier alpha value is -1.49. The van der Waals surface area contributed by atoms with Crippen LogP contribution in [0.1, 0.15) is 37.4 Å². The molecule has 2 aromatic heterocycles. The summed E-state index contributed by atoms with van der Waals surface area (Å²) in [6.07, 6.45) is 9.43. The molecular weight excluding hydrogens is 328 g/mol. The highest BCUT2D eigenvalue weighted by Gasteiger charge is 2.17. The summed E-state index contributed by atoms with van der Waals surface area (Å²) in [6.45, 7) is 2.98. The molecule has 1 N–H and O–H groups in total. The molecule has 0 saturated heterocycles. The number of rotatable bonds is 3. The monoisotopic (exact) mass is 346 g/mol. The Morgan fingerprint density at radius 1 is 1.14 bits per heavy atom. The van der Waals surface area contributed by atoms with Crippen molar-refractivity contribution in [3.63, 3.8) is 0 Å². The first kappa shape index (κ1) is 14.4. The number of hydrogen-bond acceptors (Lipinski definition) is 4. The van der Waals surface area contributed by atoms with Gasteiger partial charge in [0.25, 0.3) is 0 Å². The molecule has 3 rings (SSSR count). The van der Waals surface area contributed by atoms with Gasteiger partial charge in [-0.1, -0.05) is 6.42 Å². The maximum atomic E-state index is 4.82. The summed E-state index contributed by atoms with van der Waals surface area (Å²) in [6, 6.07) is 2.02. The van der Waals surface area contributed by atoms with Gasteiger partial charge in [-0.3, -0.25) is 4.98 Å². The van der Waals surface area contributed by atoms with Crippen LogP contribution < -0.4 is 5.32 Å². The topological polar surface area (TPSA) is 50.7 Å². The molecule has 1 aliphatic rings. The summed E-state index contributed by atoms with van der Waals surface area (Å²) in [5.74, 6) is 1.76. The van der Waals surface area contributed by atoms with Crippen LogP contribution in [0.3, 0.4) is 0 Å². The molecular formula is C16H19BrN4. The number of nitrogens with zero attached hydrogens (tertiary/aromatic N) is 3. The van der Waals surface area contributed by atoms with Crippen LogP contribution in [0.2, 0.25) is 0 Å². The van der Waals surface area contributed by atoms with Crippen molar-refractivity contribution in [2.24, 2.45) is 0 Å². The number of halogens is 1. The molecule has 0 bridgehead atoms. The van der Waals surface area contributed by atoms with Crippen LogP contribution in [0.15, 0.2) is 22.9 Å². The fourth-order valence-electron chi connectivity index (χ4n) is 2.75. The second-order valence-corrected chi connectivity index (χ2v) is 6.22. The van der Waals surface area contributed by atoms with Gasteiger partial charge in [-0.05, 0) is 54.6 Å². The summed E-state index contributed by atoms with van der Waals surface area (Å²) < 4.78 is 0.948. The third-order valence-corrected chi connectivity index (χ3v) is 4.17. The van der Waals surface area contributed by atoms with Gasteiger partial charge >= 0.3 is 0 Å². The Kier molecular flexibility index (Phi) is 4.48. The highest BCUT2D eigenvalue weighted by molar-refractivity contribution is 9.10. The van der Waals surface area contributed by atoms with Gasteiger partial charge in [0.05, 0.1) is 0 Å². The van der Waals surface area contributed by atoms with E-state index in [1.807, 2.05) is 12.3 Å². The smallest absolute Gasteiger partial charge is 0.163 e. The molecule has 1 aliphatic carbocycles. The molecule has 0 atom stereocenters. The summed E-state index contributed by atoms with van der Waals surface area (Å²) in [7, 11) is 0. The van der Waals surface area contributed by atoms with Crippen molar-refractivity contribution < 1.29 is 0 Å². The van der Waals surface area contributed by atoms with Crippen LogP contribution in [-0.4, -0.2) is 21.5 Å². The molecule has 4 nitrogen and oxygen atoms in total. The van der Waals surface area contributed by atoms with Crippen LogP contribution in [0.25, 0.3) is 11.4 Å². The van der Waals surface area contributed by atoms with Crippen molar-refractivity contribution in [1.82, 2.24) is 15.0 Å². The van der Waals surface area contributed by atoms with Crippen LogP contribution >= 0.6 is 15.9 Å². The minimum absolute atomic E-state index is 0.764. The molecule has 21 heavy (non-hydrogen) atoms. The molecule has 0 amide bonds. The maximum absolute atomic E-state index is 4.82. The lowest BCUT2D eigenvalue weighted by Gasteiger charge is -2.14. The summed E-state index contributed by atoms with van der Waals surface area (Å²) >= 11 is 3.46. The Morgan fingerprint density at radius 3 is 2.81 bits per heavy atom. The van der Waals surface area contributed by atoms with Crippen LogP contribution in [0.4, 0.5) is 5.82 Å². The van der Waals surface area contributed by atoms with E-state index >= 15 is 0 Å². The van der Waals surface area contributed by atoms with E-state index in [4.69, 9.17) is 9.97 Å². The Bertz CT molecular complexity index is 642. The number of aromatic nitrogens is 3. The van der Waals surface area contributed by atoms with Crippen molar-refractivity contribution in [3.8, 4) is 11.4 Å². The molecule has 110 valence electrons. The molecule has 2 heterocycles. The minimum atomic E-state index is 0.764. The lowest BCUT2D eigenvalue weighted by Crippen LogP contribution is -2.09. The van der Waals surface area contributed by atoms with Crippen molar-refractivity contribution >= 4 is 21.7 Å². The number of anilines is 1. The number of pyridine rings is 1. The highest BCUT2D eigenvalue weighted by atomic mass is 79.9. The fraction of sp³-hybridized carbons (Fsp3) is 0.438. The second-order valence-electron chi connectivity index (χ2n) is 5.30. The van der Waals surface area contributed by atoms with Gasteiger partial charge in [-0.2, -0.15) is 0 Å². The summed E-state index contributed by atoms with van der Waals surface area (Å²) in [5.41, 5.74) is 3.46. The highest BCUT2D eigenvalue weighted by Crippen LogP contribution is 2.28. The van der Waals surface area contributed by atoms with Gasteiger partial charge < -0.3 is 5.32 Å². The predicted molar refractivity (Wildman–Crippen MR) is 88.4 cm³/mol. The first-order chi connectivity index (χ1) is 10.3. The van der Waals surface area contributed by atoms with Gasteiger partial charge in [0, 0.05) is 40.2 Å². The van der Waals surface area contributed by atoms with E-state index in [1.165, 1.54) is 30.5 Å². The van der Waals surface area contributed by atoms with Crippen molar-refractivity contribution in [2.75, 3.05) is 11.9 Å². The molecule has 0 aromatic carbocycles.